The van der Waals surface area contributed by atoms with Crippen LogP contribution in [0.2, 0.25) is 0 Å². The zero-order chi connectivity index (χ0) is 31.6. The van der Waals surface area contributed by atoms with E-state index in [-0.39, 0.29) is 43.1 Å². The van der Waals surface area contributed by atoms with Gasteiger partial charge in [-0.2, -0.15) is 0 Å². The second-order valence-electron chi connectivity index (χ2n) is 9.64. The largest absolute Gasteiger partial charge is 0.524 e. The van der Waals surface area contributed by atoms with Crippen LogP contribution in [-0.4, -0.2) is 54.2 Å². The van der Waals surface area contributed by atoms with E-state index in [0.717, 1.165) is 5.69 Å². The first-order chi connectivity index (χ1) is 20.4. The molecule has 0 aliphatic rings. The molecule has 0 fully saturated rings. The summed E-state index contributed by atoms with van der Waals surface area (Å²) in [6.45, 7) is 2.01. The van der Waals surface area contributed by atoms with Gasteiger partial charge in [0.1, 0.15) is 16.9 Å². The fraction of sp³-hybridized carbons (Fsp3) is 0.357. The first-order valence-electron chi connectivity index (χ1n) is 13.5. The molecule has 0 radical (unpaired) electrons. The molecule has 15 heteroatoms. The summed E-state index contributed by atoms with van der Waals surface area (Å²) in [6, 6.07) is 10.5. The van der Waals surface area contributed by atoms with E-state index in [1.54, 1.807) is 32.2 Å². The molecule has 2 aromatic carbocycles. The number of fused-ring (bicyclic) bond motifs is 1. The quantitative estimate of drug-likeness (QED) is 0.0835. The standard InChI is InChI=1S/C28H34FN4O9P/c1-17-7-10-22(42-43(38,39)40)20(14-17)25(29)27(36)32-11-5-3-4-6-24(34)31-12-13-33-26(35)21-15-18-8-9-19(30-2)16-23(18)41-28(21)37/h7-10,14-16,25,30H,3-6,11-13H2,1-2H3,(H,31,34)(H,32,36)(H,33,35)(H2,38,39,40). The van der Waals surface area contributed by atoms with Gasteiger partial charge in [0.25, 0.3) is 11.8 Å². The molecule has 0 saturated heterocycles. The molecule has 0 spiro atoms. The number of phosphoric ester groups is 1. The maximum absolute atomic E-state index is 14.8. The van der Waals surface area contributed by atoms with Crippen LogP contribution in [0, 0.1) is 6.92 Å². The Morgan fingerprint density at radius 1 is 0.977 bits per heavy atom. The fourth-order valence-electron chi connectivity index (χ4n) is 4.09. The summed E-state index contributed by atoms with van der Waals surface area (Å²) in [5.74, 6) is -2.27. The number of anilines is 1. The third-order valence-corrected chi connectivity index (χ3v) is 6.70. The van der Waals surface area contributed by atoms with E-state index in [4.69, 9.17) is 14.2 Å². The number of amides is 3. The molecule has 1 unspecified atom stereocenters. The molecule has 0 bridgehead atoms. The number of carbonyl (C=O) groups excluding carboxylic acids is 3. The first-order valence-corrected chi connectivity index (χ1v) is 15.0. The van der Waals surface area contributed by atoms with Crippen molar-refractivity contribution < 1.29 is 42.1 Å². The topological polar surface area (TPSA) is 196 Å². The number of benzene rings is 2. The molecule has 232 valence electrons. The molecule has 1 atom stereocenters. The molecule has 0 aliphatic heterocycles. The second kappa shape index (κ2) is 15.3. The molecule has 1 heterocycles. The maximum Gasteiger partial charge on any atom is 0.524 e. The van der Waals surface area contributed by atoms with Gasteiger partial charge in [0.2, 0.25) is 12.1 Å². The SMILES string of the molecule is CNc1ccc2cc(C(=O)NCCNC(=O)CCCCCNC(=O)C(F)c3cc(C)ccc3OP(=O)(O)O)c(=O)oc2c1. The Kier molecular flexibility index (Phi) is 11.8. The van der Waals surface area contributed by atoms with Gasteiger partial charge in [0.15, 0.2) is 0 Å². The Morgan fingerprint density at radius 3 is 2.44 bits per heavy atom. The minimum Gasteiger partial charge on any atom is -0.422 e. The van der Waals surface area contributed by atoms with Crippen LogP contribution < -0.4 is 31.4 Å². The number of carbonyl (C=O) groups is 3. The van der Waals surface area contributed by atoms with Crippen molar-refractivity contribution in [1.82, 2.24) is 16.0 Å². The highest BCUT2D eigenvalue weighted by Gasteiger charge is 2.27. The van der Waals surface area contributed by atoms with Gasteiger partial charge >= 0.3 is 13.4 Å². The smallest absolute Gasteiger partial charge is 0.422 e. The highest BCUT2D eigenvalue weighted by molar-refractivity contribution is 7.46. The van der Waals surface area contributed by atoms with E-state index in [2.05, 4.69) is 25.8 Å². The maximum atomic E-state index is 14.8. The average molecular weight is 621 g/mol. The Labute approximate surface area is 246 Å². The lowest BCUT2D eigenvalue weighted by Gasteiger charge is -2.15. The van der Waals surface area contributed by atoms with Gasteiger partial charge in [-0.3, -0.25) is 24.2 Å². The second-order valence-corrected chi connectivity index (χ2v) is 10.8. The van der Waals surface area contributed by atoms with Crippen molar-refractivity contribution in [3.05, 3.63) is 69.6 Å². The molecule has 3 aromatic rings. The van der Waals surface area contributed by atoms with Crippen molar-refractivity contribution in [2.75, 3.05) is 32.0 Å². The van der Waals surface area contributed by atoms with E-state index in [1.165, 1.54) is 24.3 Å². The van der Waals surface area contributed by atoms with Crippen molar-refractivity contribution in [2.45, 2.75) is 38.8 Å². The summed E-state index contributed by atoms with van der Waals surface area (Å²) in [5.41, 5.74) is 0.475. The fourth-order valence-corrected chi connectivity index (χ4v) is 4.52. The molecule has 13 nitrogen and oxygen atoms in total. The number of hydrogen-bond acceptors (Lipinski definition) is 8. The molecule has 3 amide bonds. The van der Waals surface area contributed by atoms with Crippen molar-refractivity contribution in [2.24, 2.45) is 0 Å². The number of hydrogen-bond donors (Lipinski definition) is 6. The summed E-state index contributed by atoms with van der Waals surface area (Å²) < 4.78 is 35.7. The highest BCUT2D eigenvalue weighted by atomic mass is 31.2. The monoisotopic (exact) mass is 620 g/mol. The summed E-state index contributed by atoms with van der Waals surface area (Å²) in [5, 5.41) is 11.2. The Morgan fingerprint density at radius 2 is 1.72 bits per heavy atom. The molecule has 0 aliphatic carbocycles. The molecular formula is C28H34FN4O9P. The number of aryl methyl sites for hydroxylation is 1. The van der Waals surface area contributed by atoms with Crippen molar-refractivity contribution in [3.8, 4) is 5.75 Å². The molecule has 1 aromatic heterocycles. The summed E-state index contributed by atoms with van der Waals surface area (Å²) >= 11 is 0. The van der Waals surface area contributed by atoms with Crippen LogP contribution in [0.4, 0.5) is 10.1 Å². The van der Waals surface area contributed by atoms with E-state index in [0.29, 0.717) is 35.8 Å². The lowest BCUT2D eigenvalue weighted by atomic mass is 10.1. The third kappa shape index (κ3) is 10.2. The van der Waals surface area contributed by atoms with Gasteiger partial charge < -0.3 is 30.2 Å². The summed E-state index contributed by atoms with van der Waals surface area (Å²) in [7, 11) is -3.21. The zero-order valence-corrected chi connectivity index (χ0v) is 24.5. The molecule has 3 rings (SSSR count). The Hall–Kier alpha value is -4.26. The minimum atomic E-state index is -4.95. The van der Waals surface area contributed by atoms with Crippen LogP contribution in [0.15, 0.2) is 51.7 Å². The van der Waals surface area contributed by atoms with Gasteiger partial charge in [0.05, 0.1) is 0 Å². The van der Waals surface area contributed by atoms with E-state index in [9.17, 15) is 28.1 Å². The van der Waals surface area contributed by atoms with Crippen molar-refractivity contribution >= 4 is 42.2 Å². The Bertz CT molecular complexity index is 1570. The average Bonchev–Trinajstić information content (AvgIpc) is 2.95. The lowest BCUT2D eigenvalue weighted by Crippen LogP contribution is -2.36. The van der Waals surface area contributed by atoms with Gasteiger partial charge in [-0.15, -0.1) is 0 Å². The predicted molar refractivity (Wildman–Crippen MR) is 157 cm³/mol. The number of halogens is 1. The molecule has 6 N–H and O–H groups in total. The highest BCUT2D eigenvalue weighted by Crippen LogP contribution is 2.41. The molecular weight excluding hydrogens is 586 g/mol. The van der Waals surface area contributed by atoms with Gasteiger partial charge in [-0.1, -0.05) is 18.1 Å². The summed E-state index contributed by atoms with van der Waals surface area (Å²) in [4.78, 5) is 67.0. The van der Waals surface area contributed by atoms with Crippen LogP contribution in [-0.2, 0) is 14.2 Å². The summed E-state index contributed by atoms with van der Waals surface area (Å²) in [6.07, 6.45) is -0.477. The minimum absolute atomic E-state index is 0.0963. The normalized spacial score (nSPS) is 11.9. The number of unbranched alkanes of at least 4 members (excludes halogenated alkanes) is 2. The first kappa shape index (κ1) is 33.2. The van der Waals surface area contributed by atoms with Gasteiger partial charge in [-0.25, -0.2) is 13.8 Å². The zero-order valence-electron chi connectivity index (χ0n) is 23.6. The number of nitrogens with one attached hydrogen (secondary N) is 4. The van der Waals surface area contributed by atoms with Crippen molar-refractivity contribution in [3.63, 3.8) is 0 Å². The van der Waals surface area contributed by atoms with Gasteiger partial charge in [0, 0.05) is 55.8 Å². The third-order valence-electron chi connectivity index (χ3n) is 6.27. The molecule has 43 heavy (non-hydrogen) atoms. The predicted octanol–water partition coefficient (Wildman–Crippen LogP) is 2.85. The van der Waals surface area contributed by atoms with Crippen LogP contribution >= 0.6 is 7.82 Å². The van der Waals surface area contributed by atoms with E-state index in [1.807, 2.05) is 0 Å². The number of rotatable bonds is 15. The Balaban J connectivity index is 1.32. The molecule has 0 saturated carbocycles. The van der Waals surface area contributed by atoms with Crippen LogP contribution in [0.5, 0.6) is 5.75 Å². The number of phosphoric acid groups is 1. The van der Waals surface area contributed by atoms with Crippen molar-refractivity contribution in [1.29, 1.82) is 0 Å². The van der Waals surface area contributed by atoms with Crippen LogP contribution in [0.1, 0.15) is 53.3 Å². The van der Waals surface area contributed by atoms with Gasteiger partial charge in [-0.05, 0) is 50.1 Å². The number of alkyl halides is 1. The van der Waals surface area contributed by atoms with Crippen LogP contribution in [0.3, 0.4) is 0 Å². The van der Waals surface area contributed by atoms with E-state index >= 15 is 0 Å². The van der Waals surface area contributed by atoms with Crippen LogP contribution in [0.25, 0.3) is 11.0 Å². The van der Waals surface area contributed by atoms with E-state index < -0.39 is 37.2 Å². The lowest BCUT2D eigenvalue weighted by molar-refractivity contribution is -0.126.